The molecule has 6 nitrogen and oxygen atoms in total. The minimum Gasteiger partial charge on any atom is -0.339 e. The van der Waals surface area contributed by atoms with Crippen molar-refractivity contribution >= 4 is 17.6 Å². The molecule has 1 aliphatic heterocycles. The van der Waals surface area contributed by atoms with Crippen LogP contribution in [0.2, 0.25) is 5.02 Å². The number of likely N-dealkylation sites (tertiary alicyclic amines) is 1. The highest BCUT2D eigenvalue weighted by atomic mass is 35.5. The van der Waals surface area contributed by atoms with Crippen LogP contribution in [0.4, 0.5) is 4.79 Å². The summed E-state index contributed by atoms with van der Waals surface area (Å²) in [6.07, 6.45) is 3.70. The molecular weight excluding hydrogens is 340 g/mol. The minimum absolute atomic E-state index is 0.0289. The lowest BCUT2D eigenvalue weighted by Gasteiger charge is -2.32. The molecular formula is C18H21ClN4O2. The van der Waals surface area contributed by atoms with Crippen LogP contribution >= 0.6 is 11.6 Å². The summed E-state index contributed by atoms with van der Waals surface area (Å²) in [7, 11) is 0. The van der Waals surface area contributed by atoms with Crippen LogP contribution < -0.4 is 5.32 Å². The van der Waals surface area contributed by atoms with Gasteiger partial charge in [0.25, 0.3) is 0 Å². The van der Waals surface area contributed by atoms with E-state index in [1.807, 2.05) is 24.0 Å². The number of halogens is 1. The molecule has 1 saturated heterocycles. The van der Waals surface area contributed by atoms with E-state index in [1.165, 1.54) is 0 Å². The number of hydrogen-bond acceptors (Lipinski definition) is 4. The maximum absolute atomic E-state index is 12.7. The van der Waals surface area contributed by atoms with Crippen LogP contribution in [0, 0.1) is 6.92 Å². The molecule has 1 N–H and O–H groups in total. The molecule has 0 bridgehead atoms. The zero-order valence-corrected chi connectivity index (χ0v) is 14.9. The number of carbonyl (C=O) groups is 1. The molecule has 2 atom stereocenters. The van der Waals surface area contributed by atoms with Gasteiger partial charge in [-0.1, -0.05) is 28.9 Å². The summed E-state index contributed by atoms with van der Waals surface area (Å²) in [5.74, 6) is 1.38. The number of aromatic nitrogens is 2. The Labute approximate surface area is 151 Å². The summed E-state index contributed by atoms with van der Waals surface area (Å²) in [6.45, 7) is 3.18. The van der Waals surface area contributed by atoms with Crippen LogP contribution in [0.15, 0.2) is 22.7 Å². The summed E-state index contributed by atoms with van der Waals surface area (Å²) in [4.78, 5) is 18.9. The van der Waals surface area contributed by atoms with Gasteiger partial charge in [0.1, 0.15) is 0 Å². The standard InChI is InChI=1S/C18H21ClN4O2/c1-11-20-17(25-22-11)12-4-3-9-23(10-12)18(24)21-16-8-7-13-14(16)5-2-6-15(13)19/h2,5-6,12,16H,3-4,7-10H2,1H3,(H,21,24). The Morgan fingerprint density at radius 3 is 3.08 bits per heavy atom. The van der Waals surface area contributed by atoms with Gasteiger partial charge in [0, 0.05) is 18.1 Å². The monoisotopic (exact) mass is 360 g/mol. The Hall–Kier alpha value is -2.08. The average Bonchev–Trinajstić information content (AvgIpc) is 3.23. The van der Waals surface area contributed by atoms with Crippen molar-refractivity contribution in [2.75, 3.05) is 13.1 Å². The lowest BCUT2D eigenvalue weighted by Crippen LogP contribution is -2.45. The molecule has 0 saturated carbocycles. The van der Waals surface area contributed by atoms with Gasteiger partial charge >= 0.3 is 6.03 Å². The molecule has 132 valence electrons. The number of aryl methyl sites for hydroxylation is 1. The highest BCUT2D eigenvalue weighted by Crippen LogP contribution is 2.35. The number of nitrogens with one attached hydrogen (secondary N) is 1. The van der Waals surface area contributed by atoms with Crippen molar-refractivity contribution in [3.63, 3.8) is 0 Å². The van der Waals surface area contributed by atoms with E-state index < -0.39 is 0 Å². The molecule has 1 fully saturated rings. The van der Waals surface area contributed by atoms with Gasteiger partial charge in [-0.25, -0.2) is 4.79 Å². The number of nitrogens with zero attached hydrogens (tertiary/aromatic N) is 3. The van der Waals surface area contributed by atoms with E-state index in [1.54, 1.807) is 0 Å². The summed E-state index contributed by atoms with van der Waals surface area (Å²) in [5, 5.41) is 7.82. The fourth-order valence-electron chi connectivity index (χ4n) is 3.84. The fraction of sp³-hybridized carbons (Fsp3) is 0.500. The van der Waals surface area contributed by atoms with Gasteiger partial charge in [-0.3, -0.25) is 0 Å². The zero-order valence-electron chi connectivity index (χ0n) is 14.2. The number of carbonyl (C=O) groups excluding carboxylic acids is 1. The third-order valence-electron chi connectivity index (χ3n) is 5.11. The molecule has 2 heterocycles. The third kappa shape index (κ3) is 3.23. The highest BCUT2D eigenvalue weighted by Gasteiger charge is 2.31. The molecule has 0 radical (unpaired) electrons. The molecule has 1 aliphatic carbocycles. The van der Waals surface area contributed by atoms with E-state index in [9.17, 15) is 4.79 Å². The van der Waals surface area contributed by atoms with Crippen molar-refractivity contribution in [3.05, 3.63) is 46.1 Å². The zero-order chi connectivity index (χ0) is 17.4. The second-order valence-electron chi connectivity index (χ2n) is 6.81. The van der Waals surface area contributed by atoms with E-state index in [0.717, 1.165) is 48.4 Å². The predicted octanol–water partition coefficient (Wildman–Crippen LogP) is 3.61. The molecule has 7 heteroatoms. The van der Waals surface area contributed by atoms with Crippen LogP contribution in [0.5, 0.6) is 0 Å². The van der Waals surface area contributed by atoms with Gasteiger partial charge in [0.05, 0.1) is 12.0 Å². The molecule has 2 amide bonds. The van der Waals surface area contributed by atoms with Crippen molar-refractivity contribution in [3.8, 4) is 0 Å². The van der Waals surface area contributed by atoms with Gasteiger partial charge in [-0.15, -0.1) is 0 Å². The van der Waals surface area contributed by atoms with Gasteiger partial charge in [-0.05, 0) is 49.8 Å². The summed E-state index contributed by atoms with van der Waals surface area (Å²) < 4.78 is 5.29. The number of amides is 2. The molecule has 1 aromatic heterocycles. The van der Waals surface area contributed by atoms with Gasteiger partial charge in [0.15, 0.2) is 5.82 Å². The van der Waals surface area contributed by atoms with E-state index in [2.05, 4.69) is 21.5 Å². The lowest BCUT2D eigenvalue weighted by molar-refractivity contribution is 0.168. The molecule has 1 aromatic carbocycles. The first kappa shape index (κ1) is 16.4. The highest BCUT2D eigenvalue weighted by molar-refractivity contribution is 6.31. The van der Waals surface area contributed by atoms with E-state index in [-0.39, 0.29) is 18.0 Å². The van der Waals surface area contributed by atoms with E-state index in [4.69, 9.17) is 16.1 Å². The smallest absolute Gasteiger partial charge is 0.317 e. The quantitative estimate of drug-likeness (QED) is 0.888. The number of hydrogen-bond donors (Lipinski definition) is 1. The van der Waals surface area contributed by atoms with Crippen molar-refractivity contribution in [1.29, 1.82) is 0 Å². The normalized spacial score (nSPS) is 22.7. The average molecular weight is 361 g/mol. The Morgan fingerprint density at radius 1 is 1.40 bits per heavy atom. The van der Waals surface area contributed by atoms with Crippen LogP contribution in [-0.2, 0) is 6.42 Å². The third-order valence-corrected chi connectivity index (χ3v) is 5.47. The minimum atomic E-state index is -0.0289. The Morgan fingerprint density at radius 2 is 2.28 bits per heavy atom. The Kier molecular flexibility index (Phi) is 4.37. The lowest BCUT2D eigenvalue weighted by atomic mass is 9.98. The summed E-state index contributed by atoms with van der Waals surface area (Å²) in [6, 6.07) is 5.91. The van der Waals surface area contributed by atoms with Crippen molar-refractivity contribution in [2.45, 2.75) is 44.6 Å². The number of urea groups is 1. The molecule has 4 rings (SSSR count). The second-order valence-corrected chi connectivity index (χ2v) is 7.22. The maximum Gasteiger partial charge on any atom is 0.317 e. The van der Waals surface area contributed by atoms with Crippen molar-refractivity contribution in [1.82, 2.24) is 20.4 Å². The van der Waals surface area contributed by atoms with Crippen LogP contribution in [0.25, 0.3) is 0 Å². The summed E-state index contributed by atoms with van der Waals surface area (Å²) in [5.41, 5.74) is 2.30. The Balaban J connectivity index is 1.43. The second kappa shape index (κ2) is 6.67. The van der Waals surface area contributed by atoms with Crippen LogP contribution in [0.3, 0.4) is 0 Å². The molecule has 2 aromatic rings. The fourth-order valence-corrected chi connectivity index (χ4v) is 4.12. The number of benzene rings is 1. The largest absolute Gasteiger partial charge is 0.339 e. The predicted molar refractivity (Wildman–Crippen MR) is 93.6 cm³/mol. The molecule has 0 spiro atoms. The summed E-state index contributed by atoms with van der Waals surface area (Å²) >= 11 is 6.26. The van der Waals surface area contributed by atoms with Crippen molar-refractivity contribution in [2.24, 2.45) is 0 Å². The topological polar surface area (TPSA) is 71.3 Å². The number of piperidine rings is 1. The van der Waals surface area contributed by atoms with Crippen LogP contribution in [-0.4, -0.2) is 34.2 Å². The van der Waals surface area contributed by atoms with Crippen molar-refractivity contribution < 1.29 is 9.32 Å². The SMILES string of the molecule is Cc1noc(C2CCCN(C(=O)NC3CCc4c(Cl)cccc43)C2)n1. The molecule has 2 aliphatic rings. The van der Waals surface area contributed by atoms with E-state index in [0.29, 0.717) is 18.3 Å². The first-order valence-electron chi connectivity index (χ1n) is 8.75. The van der Waals surface area contributed by atoms with Crippen LogP contribution in [0.1, 0.15) is 54.1 Å². The first-order chi connectivity index (χ1) is 12.1. The van der Waals surface area contributed by atoms with Gasteiger partial charge in [0.2, 0.25) is 5.89 Å². The molecule has 25 heavy (non-hydrogen) atoms. The Bertz CT molecular complexity index is 791. The number of rotatable bonds is 2. The first-order valence-corrected chi connectivity index (χ1v) is 9.12. The van der Waals surface area contributed by atoms with Gasteiger partial charge in [-0.2, -0.15) is 4.98 Å². The van der Waals surface area contributed by atoms with E-state index >= 15 is 0 Å². The maximum atomic E-state index is 12.7. The number of fused-ring (bicyclic) bond motifs is 1. The molecule has 2 unspecified atom stereocenters. The van der Waals surface area contributed by atoms with Gasteiger partial charge < -0.3 is 14.7 Å².